The highest BCUT2D eigenvalue weighted by Crippen LogP contribution is 2.32. The summed E-state index contributed by atoms with van der Waals surface area (Å²) in [5, 5.41) is 12.6. The van der Waals surface area contributed by atoms with Crippen LogP contribution >= 0.6 is 0 Å². The predicted molar refractivity (Wildman–Crippen MR) is 86.0 cm³/mol. The molecule has 2 N–H and O–H groups in total. The smallest absolute Gasteiger partial charge is 0.256 e. The maximum Gasteiger partial charge on any atom is 0.256 e. The van der Waals surface area contributed by atoms with Gasteiger partial charge in [0.1, 0.15) is 6.04 Å². The van der Waals surface area contributed by atoms with Crippen LogP contribution in [0.1, 0.15) is 16.8 Å². The molecule has 23 heavy (non-hydrogen) atoms. The predicted octanol–water partition coefficient (Wildman–Crippen LogP) is 1.88. The Balaban J connectivity index is 1.79. The van der Waals surface area contributed by atoms with Gasteiger partial charge in [0.25, 0.3) is 5.91 Å². The zero-order chi connectivity index (χ0) is 16.0. The maximum atomic E-state index is 12.8. The van der Waals surface area contributed by atoms with Crippen LogP contribution in [0.25, 0.3) is 11.1 Å². The van der Waals surface area contributed by atoms with Crippen molar-refractivity contribution in [1.29, 1.82) is 0 Å². The Morgan fingerprint density at radius 2 is 1.83 bits per heavy atom. The first-order chi connectivity index (χ1) is 11.1. The molecule has 0 radical (unpaired) electrons. The second-order valence-electron chi connectivity index (χ2n) is 5.98. The third-order valence-electron chi connectivity index (χ3n) is 4.46. The minimum atomic E-state index is -0.645. The van der Waals surface area contributed by atoms with Gasteiger partial charge in [-0.05, 0) is 23.3 Å². The third-order valence-corrected chi connectivity index (χ3v) is 4.46. The number of nitrogens with one attached hydrogen (secondary N) is 1. The molecule has 0 spiro atoms. The average molecular weight is 308 g/mol. The Kier molecular flexibility index (Phi) is 3.16. The van der Waals surface area contributed by atoms with Crippen LogP contribution in [-0.2, 0) is 4.79 Å². The second-order valence-corrected chi connectivity index (χ2v) is 5.98. The van der Waals surface area contributed by atoms with E-state index in [4.69, 9.17) is 0 Å². The van der Waals surface area contributed by atoms with Gasteiger partial charge in [0.05, 0.1) is 17.4 Å². The molecule has 2 heterocycles. The number of carbonyl (C=O) groups excluding carboxylic acids is 2. The molecule has 0 bridgehead atoms. The SMILES string of the molecule is O=C1Nc2ccc(-c3ccccc3)cc2C(=O)N2CC(O)CC12. The fourth-order valence-corrected chi connectivity index (χ4v) is 3.30. The van der Waals surface area contributed by atoms with Crippen molar-refractivity contribution in [2.24, 2.45) is 0 Å². The van der Waals surface area contributed by atoms with Gasteiger partial charge in [-0.25, -0.2) is 0 Å². The molecule has 116 valence electrons. The van der Waals surface area contributed by atoms with Gasteiger partial charge < -0.3 is 15.3 Å². The quantitative estimate of drug-likeness (QED) is 0.845. The lowest BCUT2D eigenvalue weighted by Crippen LogP contribution is -2.40. The largest absolute Gasteiger partial charge is 0.391 e. The van der Waals surface area contributed by atoms with E-state index < -0.39 is 12.1 Å². The number of hydrogen-bond donors (Lipinski definition) is 2. The Morgan fingerprint density at radius 1 is 1.04 bits per heavy atom. The second kappa shape index (κ2) is 5.21. The fraction of sp³-hybridized carbons (Fsp3) is 0.222. The third kappa shape index (κ3) is 2.29. The van der Waals surface area contributed by atoms with Crippen molar-refractivity contribution in [2.75, 3.05) is 11.9 Å². The Bertz CT molecular complexity index is 788. The molecule has 2 amide bonds. The molecule has 0 saturated carbocycles. The summed E-state index contributed by atoms with van der Waals surface area (Å²) >= 11 is 0. The van der Waals surface area contributed by atoms with E-state index in [1.807, 2.05) is 36.4 Å². The van der Waals surface area contributed by atoms with Gasteiger partial charge in [0.15, 0.2) is 0 Å². The molecule has 2 aliphatic rings. The zero-order valence-electron chi connectivity index (χ0n) is 12.4. The Hall–Kier alpha value is -2.66. The van der Waals surface area contributed by atoms with E-state index in [9.17, 15) is 14.7 Å². The normalized spacial score (nSPS) is 23.1. The van der Waals surface area contributed by atoms with Crippen LogP contribution in [0.15, 0.2) is 48.5 Å². The van der Waals surface area contributed by atoms with Gasteiger partial charge in [-0.3, -0.25) is 9.59 Å². The molecule has 0 aromatic heterocycles. The van der Waals surface area contributed by atoms with Gasteiger partial charge in [0.2, 0.25) is 5.91 Å². The number of aliphatic hydroxyl groups excluding tert-OH is 1. The highest BCUT2D eigenvalue weighted by atomic mass is 16.3. The van der Waals surface area contributed by atoms with E-state index in [1.165, 1.54) is 4.90 Å². The topological polar surface area (TPSA) is 69.6 Å². The Labute approximate surface area is 133 Å². The van der Waals surface area contributed by atoms with E-state index >= 15 is 0 Å². The lowest BCUT2D eigenvalue weighted by molar-refractivity contribution is -0.119. The minimum absolute atomic E-state index is 0.200. The number of rotatable bonds is 1. The molecule has 2 aromatic carbocycles. The summed E-state index contributed by atoms with van der Waals surface area (Å²) in [6, 6.07) is 14.7. The van der Waals surface area contributed by atoms with Gasteiger partial charge in [0, 0.05) is 13.0 Å². The lowest BCUT2D eigenvalue weighted by atomic mass is 10.0. The van der Waals surface area contributed by atoms with Crippen molar-refractivity contribution >= 4 is 17.5 Å². The van der Waals surface area contributed by atoms with Crippen LogP contribution in [0.2, 0.25) is 0 Å². The van der Waals surface area contributed by atoms with E-state index in [0.717, 1.165) is 11.1 Å². The summed E-state index contributed by atoms with van der Waals surface area (Å²) in [6.45, 7) is 0.200. The summed E-state index contributed by atoms with van der Waals surface area (Å²) in [5.41, 5.74) is 2.93. The summed E-state index contributed by atoms with van der Waals surface area (Å²) in [5.74, 6) is -0.446. The molecule has 1 fully saturated rings. The first-order valence-corrected chi connectivity index (χ1v) is 7.63. The van der Waals surface area contributed by atoms with Crippen molar-refractivity contribution in [2.45, 2.75) is 18.6 Å². The van der Waals surface area contributed by atoms with E-state index in [-0.39, 0.29) is 24.8 Å². The van der Waals surface area contributed by atoms with Crippen LogP contribution < -0.4 is 5.32 Å². The number of carbonyl (C=O) groups is 2. The number of benzene rings is 2. The lowest BCUT2D eigenvalue weighted by Gasteiger charge is -2.19. The number of hydrogen-bond acceptors (Lipinski definition) is 3. The van der Waals surface area contributed by atoms with Gasteiger partial charge in [-0.1, -0.05) is 36.4 Å². The van der Waals surface area contributed by atoms with Crippen LogP contribution in [0.3, 0.4) is 0 Å². The highest BCUT2D eigenvalue weighted by Gasteiger charge is 2.42. The molecule has 5 heteroatoms. The minimum Gasteiger partial charge on any atom is -0.391 e. The van der Waals surface area contributed by atoms with Crippen LogP contribution in [0.5, 0.6) is 0 Å². The summed E-state index contributed by atoms with van der Waals surface area (Å²) in [4.78, 5) is 26.6. The molecule has 0 aliphatic carbocycles. The van der Waals surface area contributed by atoms with Crippen molar-refractivity contribution in [3.8, 4) is 11.1 Å². The highest BCUT2D eigenvalue weighted by molar-refractivity contribution is 6.10. The number of nitrogens with zero attached hydrogens (tertiary/aromatic N) is 1. The molecular formula is C18H16N2O3. The van der Waals surface area contributed by atoms with Crippen molar-refractivity contribution < 1.29 is 14.7 Å². The van der Waals surface area contributed by atoms with Crippen LogP contribution in [0.4, 0.5) is 5.69 Å². The first-order valence-electron chi connectivity index (χ1n) is 7.63. The number of amides is 2. The van der Waals surface area contributed by atoms with E-state index in [0.29, 0.717) is 11.3 Å². The molecule has 5 nitrogen and oxygen atoms in total. The molecular weight excluding hydrogens is 292 g/mol. The number of anilines is 1. The van der Waals surface area contributed by atoms with Gasteiger partial charge >= 0.3 is 0 Å². The van der Waals surface area contributed by atoms with Crippen molar-refractivity contribution in [1.82, 2.24) is 4.90 Å². The molecule has 2 unspecified atom stereocenters. The molecule has 1 saturated heterocycles. The number of fused-ring (bicyclic) bond motifs is 2. The Morgan fingerprint density at radius 3 is 2.61 bits per heavy atom. The van der Waals surface area contributed by atoms with Crippen molar-refractivity contribution in [3.63, 3.8) is 0 Å². The zero-order valence-corrected chi connectivity index (χ0v) is 12.4. The van der Waals surface area contributed by atoms with Crippen LogP contribution in [0, 0.1) is 0 Å². The first kappa shape index (κ1) is 14.0. The maximum absolute atomic E-state index is 12.8. The fourth-order valence-electron chi connectivity index (χ4n) is 3.30. The van der Waals surface area contributed by atoms with E-state index in [1.54, 1.807) is 12.1 Å². The molecule has 2 aliphatic heterocycles. The van der Waals surface area contributed by atoms with Crippen molar-refractivity contribution in [3.05, 3.63) is 54.1 Å². The van der Waals surface area contributed by atoms with Gasteiger partial charge in [-0.15, -0.1) is 0 Å². The van der Waals surface area contributed by atoms with Gasteiger partial charge in [-0.2, -0.15) is 0 Å². The summed E-state index contributed by atoms with van der Waals surface area (Å²) in [7, 11) is 0. The monoisotopic (exact) mass is 308 g/mol. The average Bonchev–Trinajstić information content (AvgIpc) is 2.93. The van der Waals surface area contributed by atoms with Crippen LogP contribution in [-0.4, -0.2) is 40.5 Å². The molecule has 2 aromatic rings. The molecule has 4 rings (SSSR count). The standard InChI is InChI=1S/C18H16N2O3/c21-13-9-16-17(22)19-15-7-6-12(11-4-2-1-3-5-11)8-14(15)18(23)20(16)10-13/h1-8,13,16,21H,9-10H2,(H,19,22). The summed E-state index contributed by atoms with van der Waals surface area (Å²) < 4.78 is 0. The number of aliphatic hydroxyl groups is 1. The van der Waals surface area contributed by atoms with E-state index in [2.05, 4.69) is 5.32 Å². The molecule has 2 atom stereocenters. The summed E-state index contributed by atoms with van der Waals surface area (Å²) in [6.07, 6.45) is -0.356.